The lowest BCUT2D eigenvalue weighted by Crippen LogP contribution is -2.17. The number of hydrogen-bond acceptors (Lipinski definition) is 5. The maximum Gasteiger partial charge on any atom is 0.231 e. The molecule has 1 aromatic heterocycles. The van der Waals surface area contributed by atoms with Crippen LogP contribution >= 0.6 is 12.2 Å². The van der Waals surface area contributed by atoms with E-state index in [1.807, 2.05) is 41.0 Å². The highest BCUT2D eigenvalue weighted by Gasteiger charge is 2.20. The smallest absolute Gasteiger partial charge is 0.231 e. The van der Waals surface area contributed by atoms with E-state index in [1.165, 1.54) is 0 Å². The van der Waals surface area contributed by atoms with Gasteiger partial charge in [-0.05, 0) is 12.1 Å². The molecule has 7 heteroatoms. The summed E-state index contributed by atoms with van der Waals surface area (Å²) in [6.45, 7) is 0.609. The Labute approximate surface area is 143 Å². The minimum Gasteiger partial charge on any atom is -0.497 e. The van der Waals surface area contributed by atoms with Crippen LogP contribution in [0.4, 0.5) is 0 Å². The van der Waals surface area contributed by atoms with Crippen molar-refractivity contribution >= 4 is 28.2 Å². The van der Waals surface area contributed by atoms with E-state index < -0.39 is 0 Å². The molecule has 6 nitrogen and oxygen atoms in total. The third-order valence-electron chi connectivity index (χ3n) is 3.88. The van der Waals surface area contributed by atoms with Gasteiger partial charge in [-0.25, -0.2) is 4.98 Å². The molecule has 2 heterocycles. The van der Waals surface area contributed by atoms with Crippen LogP contribution in [0.5, 0.6) is 17.2 Å². The van der Waals surface area contributed by atoms with Gasteiger partial charge >= 0.3 is 0 Å². The molecule has 0 radical (unpaired) electrons. The molecule has 24 heavy (non-hydrogen) atoms. The second-order valence-electron chi connectivity index (χ2n) is 5.41. The van der Waals surface area contributed by atoms with Crippen LogP contribution in [0.25, 0.3) is 22.4 Å². The van der Waals surface area contributed by atoms with Crippen LogP contribution in [0.15, 0.2) is 36.4 Å². The predicted octanol–water partition coefficient (Wildman–Crippen LogP) is 2.73. The Hall–Kier alpha value is -2.80. The SMILES string of the molecule is COc1cccc(-c2nc3cc4c(cc3n2CC(N)=S)OCO4)c1. The number of methoxy groups -OCH3 is 1. The molecule has 2 aromatic carbocycles. The molecule has 0 bridgehead atoms. The first kappa shape index (κ1) is 14.8. The molecule has 0 unspecified atom stereocenters. The summed E-state index contributed by atoms with van der Waals surface area (Å²) in [6.07, 6.45) is 0. The summed E-state index contributed by atoms with van der Waals surface area (Å²) in [5.41, 5.74) is 8.41. The number of nitrogens with two attached hydrogens (primary N) is 1. The molecular weight excluding hydrogens is 326 g/mol. The fourth-order valence-electron chi connectivity index (χ4n) is 2.81. The number of thiocarbonyl (C=S) groups is 1. The number of imidazole rings is 1. The Morgan fingerprint density at radius 3 is 2.83 bits per heavy atom. The molecule has 1 aliphatic rings. The van der Waals surface area contributed by atoms with Crippen molar-refractivity contribution < 1.29 is 14.2 Å². The Morgan fingerprint density at radius 2 is 2.08 bits per heavy atom. The summed E-state index contributed by atoms with van der Waals surface area (Å²) >= 11 is 5.11. The summed E-state index contributed by atoms with van der Waals surface area (Å²) in [7, 11) is 1.64. The fraction of sp³-hybridized carbons (Fsp3) is 0.176. The highest BCUT2D eigenvalue weighted by atomic mass is 32.1. The zero-order valence-electron chi connectivity index (χ0n) is 13.0. The molecular formula is C17H15N3O3S. The Morgan fingerprint density at radius 1 is 1.29 bits per heavy atom. The van der Waals surface area contributed by atoms with Crippen LogP contribution in [-0.4, -0.2) is 28.4 Å². The lowest BCUT2D eigenvalue weighted by molar-refractivity contribution is 0.174. The molecule has 122 valence electrons. The summed E-state index contributed by atoms with van der Waals surface area (Å²) in [5, 5.41) is 0. The normalized spacial score (nSPS) is 12.5. The van der Waals surface area contributed by atoms with E-state index >= 15 is 0 Å². The van der Waals surface area contributed by atoms with Gasteiger partial charge in [-0.2, -0.15) is 0 Å². The minimum atomic E-state index is 0.222. The number of nitrogens with zero attached hydrogens (tertiary/aromatic N) is 2. The van der Waals surface area contributed by atoms with Crippen LogP contribution in [0, 0.1) is 0 Å². The first-order chi connectivity index (χ1) is 11.7. The van der Waals surface area contributed by atoms with Crippen molar-refractivity contribution in [2.45, 2.75) is 6.54 Å². The van der Waals surface area contributed by atoms with Crippen LogP contribution in [0.1, 0.15) is 0 Å². The number of rotatable bonds is 4. The second kappa shape index (κ2) is 5.68. The molecule has 0 spiro atoms. The molecule has 0 amide bonds. The van der Waals surface area contributed by atoms with Crippen LogP contribution < -0.4 is 19.9 Å². The van der Waals surface area contributed by atoms with Crippen molar-refractivity contribution in [3.63, 3.8) is 0 Å². The van der Waals surface area contributed by atoms with E-state index in [4.69, 9.17) is 37.1 Å². The largest absolute Gasteiger partial charge is 0.497 e. The first-order valence-electron chi connectivity index (χ1n) is 7.38. The van der Waals surface area contributed by atoms with Gasteiger partial charge in [0.15, 0.2) is 11.5 Å². The van der Waals surface area contributed by atoms with Crippen molar-refractivity contribution in [3.8, 4) is 28.6 Å². The monoisotopic (exact) mass is 341 g/mol. The van der Waals surface area contributed by atoms with Gasteiger partial charge in [0.25, 0.3) is 0 Å². The Kier molecular flexibility index (Phi) is 3.50. The summed E-state index contributed by atoms with van der Waals surface area (Å²) in [5.74, 6) is 2.92. The average Bonchev–Trinajstić information content (AvgIpc) is 3.17. The second-order valence-corrected chi connectivity index (χ2v) is 5.94. The lowest BCUT2D eigenvalue weighted by atomic mass is 10.2. The third-order valence-corrected chi connectivity index (χ3v) is 4.01. The Balaban J connectivity index is 1.94. The summed E-state index contributed by atoms with van der Waals surface area (Å²) in [4.78, 5) is 5.13. The van der Waals surface area contributed by atoms with Crippen molar-refractivity contribution in [2.75, 3.05) is 13.9 Å². The van der Waals surface area contributed by atoms with E-state index in [1.54, 1.807) is 7.11 Å². The minimum absolute atomic E-state index is 0.222. The number of ether oxygens (including phenoxy) is 3. The highest BCUT2D eigenvalue weighted by Crippen LogP contribution is 2.37. The molecule has 0 saturated heterocycles. The quantitative estimate of drug-likeness (QED) is 0.736. The molecule has 0 fully saturated rings. The molecule has 2 N–H and O–H groups in total. The molecule has 1 aliphatic heterocycles. The average molecular weight is 341 g/mol. The zero-order valence-corrected chi connectivity index (χ0v) is 13.8. The van der Waals surface area contributed by atoms with Gasteiger partial charge in [0.2, 0.25) is 6.79 Å². The zero-order chi connectivity index (χ0) is 16.7. The molecule has 3 aromatic rings. The number of aromatic nitrogens is 2. The lowest BCUT2D eigenvalue weighted by Gasteiger charge is -2.09. The predicted molar refractivity (Wildman–Crippen MR) is 94.6 cm³/mol. The van der Waals surface area contributed by atoms with Crippen molar-refractivity contribution in [2.24, 2.45) is 5.73 Å². The van der Waals surface area contributed by atoms with Crippen LogP contribution in [-0.2, 0) is 6.54 Å². The van der Waals surface area contributed by atoms with Crippen molar-refractivity contribution in [1.82, 2.24) is 9.55 Å². The van der Waals surface area contributed by atoms with Crippen LogP contribution in [0.3, 0.4) is 0 Å². The van der Waals surface area contributed by atoms with Crippen molar-refractivity contribution in [1.29, 1.82) is 0 Å². The van der Waals surface area contributed by atoms with Gasteiger partial charge < -0.3 is 24.5 Å². The number of fused-ring (bicyclic) bond motifs is 2. The number of hydrogen-bond donors (Lipinski definition) is 1. The molecule has 0 saturated carbocycles. The van der Waals surface area contributed by atoms with E-state index in [2.05, 4.69) is 0 Å². The third kappa shape index (κ3) is 2.43. The van der Waals surface area contributed by atoms with Gasteiger partial charge in [0.1, 0.15) is 11.6 Å². The standard InChI is InChI=1S/C17H15N3O3S/c1-21-11-4-2-3-10(5-11)17-19-12-6-14-15(23-9-22-14)7-13(12)20(17)8-16(18)24/h2-7H,8-9H2,1H3,(H2,18,24). The summed E-state index contributed by atoms with van der Waals surface area (Å²) < 4.78 is 18.2. The van der Waals surface area contributed by atoms with Gasteiger partial charge in [-0.15, -0.1) is 0 Å². The van der Waals surface area contributed by atoms with Gasteiger partial charge in [0, 0.05) is 17.7 Å². The molecule has 0 aliphatic carbocycles. The van der Waals surface area contributed by atoms with E-state index in [9.17, 15) is 0 Å². The van der Waals surface area contributed by atoms with E-state index in [0.717, 1.165) is 28.2 Å². The van der Waals surface area contributed by atoms with Gasteiger partial charge in [0.05, 0.1) is 29.7 Å². The molecule has 4 rings (SSSR count). The maximum atomic E-state index is 5.79. The Bertz CT molecular complexity index is 952. The van der Waals surface area contributed by atoms with Gasteiger partial charge in [-0.1, -0.05) is 24.4 Å². The highest BCUT2D eigenvalue weighted by molar-refractivity contribution is 7.80. The topological polar surface area (TPSA) is 71.5 Å². The maximum absolute atomic E-state index is 5.79. The van der Waals surface area contributed by atoms with E-state index in [0.29, 0.717) is 23.0 Å². The number of benzene rings is 2. The van der Waals surface area contributed by atoms with Crippen LogP contribution in [0.2, 0.25) is 0 Å². The fourth-order valence-corrected chi connectivity index (χ4v) is 2.94. The van der Waals surface area contributed by atoms with Gasteiger partial charge in [-0.3, -0.25) is 0 Å². The molecule has 0 atom stereocenters. The first-order valence-corrected chi connectivity index (χ1v) is 7.79. The van der Waals surface area contributed by atoms with Crippen molar-refractivity contribution in [3.05, 3.63) is 36.4 Å². The van der Waals surface area contributed by atoms with E-state index in [-0.39, 0.29) is 6.79 Å². The summed E-state index contributed by atoms with van der Waals surface area (Å²) in [6, 6.07) is 11.5.